The fraction of sp³-hybridized carbons (Fsp3) is 0.611. The van der Waals surface area contributed by atoms with E-state index >= 15 is 0 Å². The topological polar surface area (TPSA) is 59.6 Å². The lowest BCUT2D eigenvalue weighted by Gasteiger charge is -2.34. The first kappa shape index (κ1) is 20.3. The van der Waals surface area contributed by atoms with Crippen LogP contribution in [-0.2, 0) is 9.53 Å². The maximum Gasteiger partial charge on any atom is 0.256 e. The number of hydrogen-bond donors (Lipinski definition) is 2. The fourth-order valence-corrected chi connectivity index (χ4v) is 3.68. The molecule has 140 valence electrons. The van der Waals surface area contributed by atoms with Crippen molar-refractivity contribution >= 4 is 35.6 Å². The molecule has 1 aromatic carbocycles. The second-order valence-corrected chi connectivity index (χ2v) is 6.98. The first-order chi connectivity index (χ1) is 11.6. The van der Waals surface area contributed by atoms with Gasteiger partial charge in [0, 0.05) is 12.8 Å². The highest BCUT2D eigenvalue weighted by Gasteiger charge is 2.39. The Morgan fingerprint density at radius 3 is 2.56 bits per heavy atom. The molecule has 0 bridgehead atoms. The van der Waals surface area contributed by atoms with E-state index in [1.807, 2.05) is 12.1 Å². The predicted octanol–water partition coefficient (Wildman–Crippen LogP) is 3.79. The molecule has 7 heteroatoms. The molecular formula is C18H26Cl2N2O3. The summed E-state index contributed by atoms with van der Waals surface area (Å²) in [6, 6.07) is 5.41. The van der Waals surface area contributed by atoms with Crippen LogP contribution >= 0.6 is 24.0 Å². The van der Waals surface area contributed by atoms with Crippen LogP contribution in [0.25, 0.3) is 0 Å². The summed E-state index contributed by atoms with van der Waals surface area (Å²) in [5.74, 6) is 0.567. The number of halogens is 2. The first-order valence-corrected chi connectivity index (χ1v) is 9.04. The number of amides is 1. The van der Waals surface area contributed by atoms with Crippen LogP contribution in [0, 0.1) is 0 Å². The van der Waals surface area contributed by atoms with Crippen LogP contribution in [0.5, 0.6) is 5.75 Å². The van der Waals surface area contributed by atoms with Gasteiger partial charge in [-0.2, -0.15) is 0 Å². The van der Waals surface area contributed by atoms with Gasteiger partial charge < -0.3 is 20.1 Å². The van der Waals surface area contributed by atoms with Crippen LogP contribution in [0.15, 0.2) is 18.2 Å². The quantitative estimate of drug-likeness (QED) is 0.805. The van der Waals surface area contributed by atoms with Gasteiger partial charge in [-0.05, 0) is 69.8 Å². The number of benzene rings is 1. The second kappa shape index (κ2) is 9.08. The highest BCUT2D eigenvalue weighted by molar-refractivity contribution is 6.32. The van der Waals surface area contributed by atoms with Gasteiger partial charge in [0.15, 0.2) is 0 Å². The lowest BCUT2D eigenvalue weighted by Crippen LogP contribution is -2.51. The molecule has 2 N–H and O–H groups in total. The number of anilines is 1. The number of piperidine rings is 1. The van der Waals surface area contributed by atoms with Gasteiger partial charge in [0.05, 0.1) is 11.1 Å². The van der Waals surface area contributed by atoms with Crippen LogP contribution in [-0.4, -0.2) is 37.8 Å². The molecule has 0 atom stereocenters. The van der Waals surface area contributed by atoms with Crippen LogP contribution in [0.2, 0.25) is 5.02 Å². The van der Waals surface area contributed by atoms with E-state index in [0.717, 1.165) is 25.9 Å². The van der Waals surface area contributed by atoms with Gasteiger partial charge in [-0.25, -0.2) is 0 Å². The van der Waals surface area contributed by atoms with E-state index in [9.17, 15) is 4.79 Å². The molecule has 2 aliphatic rings. The average molecular weight is 389 g/mol. The van der Waals surface area contributed by atoms with Crippen molar-refractivity contribution in [3.63, 3.8) is 0 Å². The summed E-state index contributed by atoms with van der Waals surface area (Å²) < 4.78 is 11.5. The summed E-state index contributed by atoms with van der Waals surface area (Å²) in [6.45, 7) is 1.55. The second-order valence-electron chi connectivity index (χ2n) is 6.57. The van der Waals surface area contributed by atoms with Gasteiger partial charge in [-0.3, -0.25) is 4.79 Å². The highest BCUT2D eigenvalue weighted by Crippen LogP contribution is 2.32. The van der Waals surface area contributed by atoms with Crippen molar-refractivity contribution in [1.82, 2.24) is 5.32 Å². The summed E-state index contributed by atoms with van der Waals surface area (Å²) in [4.78, 5) is 12.7. The van der Waals surface area contributed by atoms with E-state index in [-0.39, 0.29) is 24.4 Å². The number of rotatable bonds is 5. The Kier molecular flexibility index (Phi) is 7.37. The molecule has 0 aromatic heterocycles. The molecule has 3 rings (SSSR count). The summed E-state index contributed by atoms with van der Waals surface area (Å²) in [5, 5.41) is 6.70. The maximum absolute atomic E-state index is 12.7. The molecule has 1 saturated carbocycles. The van der Waals surface area contributed by atoms with Crippen LogP contribution in [0.3, 0.4) is 0 Å². The molecule has 1 saturated heterocycles. The van der Waals surface area contributed by atoms with Gasteiger partial charge in [0.1, 0.15) is 11.4 Å². The molecule has 0 spiro atoms. The first-order valence-electron chi connectivity index (χ1n) is 8.66. The monoisotopic (exact) mass is 388 g/mol. The van der Waals surface area contributed by atoms with Crippen LogP contribution < -0.4 is 15.4 Å². The Labute approximate surface area is 160 Å². The van der Waals surface area contributed by atoms with E-state index < -0.39 is 5.60 Å². The van der Waals surface area contributed by atoms with Crippen LogP contribution in [0.1, 0.15) is 38.5 Å². The number of ether oxygens (including phenoxy) is 2. The van der Waals surface area contributed by atoms with E-state index in [0.29, 0.717) is 29.3 Å². The molecule has 0 radical (unpaired) electrons. The van der Waals surface area contributed by atoms with Crippen molar-refractivity contribution in [1.29, 1.82) is 0 Å². The van der Waals surface area contributed by atoms with Gasteiger partial charge in [-0.1, -0.05) is 11.6 Å². The van der Waals surface area contributed by atoms with Gasteiger partial charge in [0.25, 0.3) is 5.91 Å². The molecule has 1 heterocycles. The summed E-state index contributed by atoms with van der Waals surface area (Å²) >= 11 is 6.33. The number of hydrogen-bond acceptors (Lipinski definition) is 4. The molecule has 1 aliphatic carbocycles. The number of methoxy groups -OCH3 is 1. The number of nitrogens with one attached hydrogen (secondary N) is 2. The minimum Gasteiger partial charge on any atom is -0.489 e. The summed E-state index contributed by atoms with van der Waals surface area (Å²) in [5.41, 5.74) is -0.102. The molecule has 1 amide bonds. The molecule has 0 unspecified atom stereocenters. The minimum atomic E-state index is -0.767. The van der Waals surface area contributed by atoms with E-state index in [2.05, 4.69) is 10.6 Å². The van der Waals surface area contributed by atoms with Crippen molar-refractivity contribution in [3.05, 3.63) is 23.2 Å². The van der Waals surface area contributed by atoms with Crippen molar-refractivity contribution < 1.29 is 14.3 Å². The normalized spacial score (nSPS) is 19.9. The standard InChI is InChI=1S/C18H25ClN2O3.ClH/c1-23-18(8-10-20-11-9-18)17(22)21-13-6-7-16(15(19)12-13)24-14-4-2-3-5-14;/h6-7,12,14,20H,2-5,8-11H2,1H3,(H,21,22);1H. The van der Waals surface area contributed by atoms with Crippen molar-refractivity contribution in [3.8, 4) is 5.75 Å². The minimum absolute atomic E-state index is 0. The third-order valence-electron chi connectivity index (χ3n) is 5.00. The fourth-order valence-electron chi connectivity index (χ4n) is 3.46. The number of carbonyl (C=O) groups is 1. The lowest BCUT2D eigenvalue weighted by molar-refractivity contribution is -0.140. The zero-order chi connectivity index (χ0) is 17.0. The van der Waals surface area contributed by atoms with Gasteiger partial charge in [0.2, 0.25) is 0 Å². The molecule has 25 heavy (non-hydrogen) atoms. The van der Waals surface area contributed by atoms with Gasteiger partial charge in [-0.15, -0.1) is 12.4 Å². The van der Waals surface area contributed by atoms with Crippen molar-refractivity contribution in [2.24, 2.45) is 0 Å². The van der Waals surface area contributed by atoms with E-state index in [4.69, 9.17) is 21.1 Å². The lowest BCUT2D eigenvalue weighted by atomic mass is 9.91. The molecule has 5 nitrogen and oxygen atoms in total. The van der Waals surface area contributed by atoms with E-state index in [1.165, 1.54) is 12.8 Å². The van der Waals surface area contributed by atoms with Crippen molar-refractivity contribution in [2.75, 3.05) is 25.5 Å². The Hall–Kier alpha value is -1.01. The molecular weight excluding hydrogens is 363 g/mol. The smallest absolute Gasteiger partial charge is 0.256 e. The molecule has 2 fully saturated rings. The SMILES string of the molecule is COC1(C(=O)Nc2ccc(OC3CCCC3)c(Cl)c2)CCNCC1.Cl. The van der Waals surface area contributed by atoms with E-state index in [1.54, 1.807) is 13.2 Å². The predicted molar refractivity (Wildman–Crippen MR) is 102 cm³/mol. The summed E-state index contributed by atoms with van der Waals surface area (Å²) in [6.07, 6.45) is 6.17. The third-order valence-corrected chi connectivity index (χ3v) is 5.30. The average Bonchev–Trinajstić information content (AvgIpc) is 3.11. The molecule has 1 aromatic rings. The Bertz CT molecular complexity index is 586. The van der Waals surface area contributed by atoms with Crippen LogP contribution in [0.4, 0.5) is 5.69 Å². The zero-order valence-electron chi connectivity index (χ0n) is 14.5. The summed E-state index contributed by atoms with van der Waals surface area (Å²) in [7, 11) is 1.59. The zero-order valence-corrected chi connectivity index (χ0v) is 16.0. The largest absolute Gasteiger partial charge is 0.489 e. The Morgan fingerprint density at radius 1 is 1.28 bits per heavy atom. The Morgan fingerprint density at radius 2 is 1.96 bits per heavy atom. The van der Waals surface area contributed by atoms with Crippen molar-refractivity contribution in [2.45, 2.75) is 50.2 Å². The van der Waals surface area contributed by atoms with Gasteiger partial charge >= 0.3 is 0 Å². The third kappa shape index (κ3) is 4.79. The maximum atomic E-state index is 12.7. The number of carbonyl (C=O) groups excluding carboxylic acids is 1. The highest BCUT2D eigenvalue weighted by atomic mass is 35.5. The Balaban J connectivity index is 0.00000225. The molecule has 1 aliphatic heterocycles.